The summed E-state index contributed by atoms with van der Waals surface area (Å²) >= 11 is 0. The van der Waals surface area contributed by atoms with Gasteiger partial charge < -0.3 is 9.15 Å². The molecule has 0 atom stereocenters. The molecule has 1 aromatic carbocycles. The van der Waals surface area contributed by atoms with Crippen LogP contribution in [-0.2, 0) is 4.74 Å². The maximum Gasteiger partial charge on any atom is 0.337 e. The highest BCUT2D eigenvalue weighted by Crippen LogP contribution is 2.27. The lowest BCUT2D eigenvalue weighted by Crippen LogP contribution is -2.00. The average Bonchev–Trinajstić information content (AvgIpc) is 2.90. The Balaban J connectivity index is 1.99. The molecular formula is C15H11NO3. The van der Waals surface area contributed by atoms with Gasteiger partial charge in [0.1, 0.15) is 11.3 Å². The number of aromatic nitrogens is 1. The monoisotopic (exact) mass is 253 g/mol. The number of benzene rings is 1. The average molecular weight is 253 g/mol. The zero-order valence-corrected chi connectivity index (χ0v) is 10.3. The van der Waals surface area contributed by atoms with E-state index >= 15 is 0 Å². The largest absolute Gasteiger partial charge is 0.465 e. The van der Waals surface area contributed by atoms with Crippen LogP contribution < -0.4 is 0 Å². The van der Waals surface area contributed by atoms with Crippen LogP contribution in [0, 0.1) is 0 Å². The van der Waals surface area contributed by atoms with Crippen molar-refractivity contribution in [2.75, 3.05) is 7.11 Å². The molecule has 0 amide bonds. The fourth-order valence-electron chi connectivity index (χ4n) is 1.92. The van der Waals surface area contributed by atoms with Gasteiger partial charge in [0.05, 0.1) is 12.7 Å². The minimum atomic E-state index is -0.347. The van der Waals surface area contributed by atoms with E-state index in [2.05, 4.69) is 9.72 Å². The molecule has 0 fully saturated rings. The molecule has 0 aliphatic carbocycles. The van der Waals surface area contributed by atoms with Crippen molar-refractivity contribution < 1.29 is 13.9 Å². The molecule has 94 valence electrons. The normalized spacial score (nSPS) is 10.6. The molecule has 3 aromatic rings. The van der Waals surface area contributed by atoms with Crippen molar-refractivity contribution in [2.24, 2.45) is 0 Å². The number of rotatable bonds is 2. The second kappa shape index (κ2) is 4.57. The second-order valence-electron chi connectivity index (χ2n) is 4.09. The summed E-state index contributed by atoms with van der Waals surface area (Å²) in [4.78, 5) is 15.4. The van der Waals surface area contributed by atoms with E-state index in [1.54, 1.807) is 24.5 Å². The van der Waals surface area contributed by atoms with Gasteiger partial charge in [-0.05, 0) is 24.3 Å². The lowest BCUT2D eigenvalue weighted by molar-refractivity contribution is 0.0601. The van der Waals surface area contributed by atoms with Crippen molar-refractivity contribution in [2.45, 2.75) is 0 Å². The Kier molecular flexibility index (Phi) is 2.76. The van der Waals surface area contributed by atoms with Gasteiger partial charge in [-0.25, -0.2) is 4.79 Å². The van der Waals surface area contributed by atoms with Gasteiger partial charge in [-0.15, -0.1) is 0 Å². The van der Waals surface area contributed by atoms with E-state index in [0.717, 1.165) is 22.3 Å². The molecule has 4 heteroatoms. The summed E-state index contributed by atoms with van der Waals surface area (Å²) in [6, 6.07) is 10.8. The fraction of sp³-hybridized carbons (Fsp3) is 0.0667. The third-order valence-corrected chi connectivity index (χ3v) is 2.91. The lowest BCUT2D eigenvalue weighted by Gasteiger charge is -2.00. The van der Waals surface area contributed by atoms with Gasteiger partial charge >= 0.3 is 5.97 Å². The highest BCUT2D eigenvalue weighted by Gasteiger charge is 2.08. The minimum Gasteiger partial charge on any atom is -0.465 e. The molecule has 0 aliphatic heterocycles. The Morgan fingerprint density at radius 1 is 1.21 bits per heavy atom. The van der Waals surface area contributed by atoms with E-state index in [-0.39, 0.29) is 5.97 Å². The third-order valence-electron chi connectivity index (χ3n) is 2.91. The van der Waals surface area contributed by atoms with Crippen LogP contribution in [-0.4, -0.2) is 18.1 Å². The summed E-state index contributed by atoms with van der Waals surface area (Å²) in [5, 5.41) is 0.953. The first kappa shape index (κ1) is 11.5. The van der Waals surface area contributed by atoms with Gasteiger partial charge in [-0.2, -0.15) is 0 Å². The number of nitrogens with zero attached hydrogens (tertiary/aromatic N) is 1. The molecule has 0 aliphatic rings. The van der Waals surface area contributed by atoms with Crippen LogP contribution in [0.1, 0.15) is 10.4 Å². The summed E-state index contributed by atoms with van der Waals surface area (Å²) < 4.78 is 10.4. The van der Waals surface area contributed by atoms with Gasteiger partial charge in [0.15, 0.2) is 0 Å². The molecule has 3 rings (SSSR count). The molecular weight excluding hydrogens is 242 g/mol. The molecule has 4 nitrogen and oxygen atoms in total. The number of esters is 1. The van der Waals surface area contributed by atoms with E-state index in [9.17, 15) is 4.79 Å². The fourth-order valence-corrected chi connectivity index (χ4v) is 1.92. The Morgan fingerprint density at radius 3 is 2.68 bits per heavy atom. The number of pyridine rings is 1. The first-order valence-corrected chi connectivity index (χ1v) is 5.80. The molecule has 0 N–H and O–H groups in total. The van der Waals surface area contributed by atoms with Crippen molar-refractivity contribution in [1.82, 2.24) is 4.98 Å². The molecule has 2 aromatic heterocycles. The second-order valence-corrected chi connectivity index (χ2v) is 4.09. The van der Waals surface area contributed by atoms with Crippen LogP contribution in [0.4, 0.5) is 0 Å². The minimum absolute atomic E-state index is 0.347. The Labute approximate surface area is 109 Å². The summed E-state index contributed by atoms with van der Waals surface area (Å²) in [5.41, 5.74) is 2.22. The molecule has 0 spiro atoms. The summed E-state index contributed by atoms with van der Waals surface area (Å²) in [7, 11) is 1.36. The number of hydrogen-bond acceptors (Lipinski definition) is 4. The number of carbonyl (C=O) groups excluding carboxylic acids is 1. The number of methoxy groups -OCH3 is 1. The SMILES string of the molecule is COC(=O)c1ccc(-c2cc3cnccc3o2)cc1. The zero-order valence-electron chi connectivity index (χ0n) is 10.3. The highest BCUT2D eigenvalue weighted by molar-refractivity contribution is 5.90. The van der Waals surface area contributed by atoms with Crippen LogP contribution in [0.3, 0.4) is 0 Å². The quantitative estimate of drug-likeness (QED) is 0.658. The van der Waals surface area contributed by atoms with Gasteiger partial charge in [0.2, 0.25) is 0 Å². The van der Waals surface area contributed by atoms with E-state index < -0.39 is 0 Å². The van der Waals surface area contributed by atoms with Gasteiger partial charge in [-0.3, -0.25) is 4.98 Å². The predicted molar refractivity (Wildman–Crippen MR) is 70.8 cm³/mol. The molecule has 0 radical (unpaired) electrons. The van der Waals surface area contributed by atoms with Crippen molar-refractivity contribution in [1.29, 1.82) is 0 Å². The zero-order chi connectivity index (χ0) is 13.2. The summed E-state index contributed by atoms with van der Waals surface area (Å²) in [6.45, 7) is 0. The first-order chi connectivity index (χ1) is 9.28. The van der Waals surface area contributed by atoms with E-state index in [1.807, 2.05) is 24.3 Å². The molecule has 0 unspecified atom stereocenters. The Hall–Kier alpha value is -2.62. The molecule has 19 heavy (non-hydrogen) atoms. The van der Waals surface area contributed by atoms with Crippen LogP contribution in [0.15, 0.2) is 53.2 Å². The van der Waals surface area contributed by atoms with Crippen molar-refractivity contribution in [3.63, 3.8) is 0 Å². The van der Waals surface area contributed by atoms with Crippen LogP contribution >= 0.6 is 0 Å². The van der Waals surface area contributed by atoms with E-state index in [1.165, 1.54) is 7.11 Å². The number of ether oxygens (including phenoxy) is 1. The van der Waals surface area contributed by atoms with E-state index in [4.69, 9.17) is 4.42 Å². The number of carbonyl (C=O) groups is 1. The smallest absolute Gasteiger partial charge is 0.337 e. The molecule has 0 saturated carbocycles. The predicted octanol–water partition coefficient (Wildman–Crippen LogP) is 3.28. The summed E-state index contributed by atoms with van der Waals surface area (Å²) in [6.07, 6.45) is 3.45. The van der Waals surface area contributed by atoms with Crippen molar-refractivity contribution in [3.05, 3.63) is 54.4 Å². The van der Waals surface area contributed by atoms with Crippen LogP contribution in [0.5, 0.6) is 0 Å². The highest BCUT2D eigenvalue weighted by atomic mass is 16.5. The molecule has 2 heterocycles. The lowest BCUT2D eigenvalue weighted by atomic mass is 10.1. The molecule has 0 bridgehead atoms. The van der Waals surface area contributed by atoms with Crippen molar-refractivity contribution in [3.8, 4) is 11.3 Å². The third kappa shape index (κ3) is 2.08. The standard InChI is InChI=1S/C15H11NO3/c1-18-15(17)11-4-2-10(3-5-11)14-8-12-9-16-7-6-13(12)19-14/h2-9H,1H3. The summed E-state index contributed by atoms with van der Waals surface area (Å²) in [5.74, 6) is 0.403. The maximum atomic E-state index is 11.3. The molecule has 0 saturated heterocycles. The van der Waals surface area contributed by atoms with Gasteiger partial charge in [0.25, 0.3) is 0 Å². The van der Waals surface area contributed by atoms with Gasteiger partial charge in [0, 0.05) is 23.3 Å². The Bertz CT molecular complexity index is 695. The van der Waals surface area contributed by atoms with Crippen LogP contribution in [0.2, 0.25) is 0 Å². The number of fused-ring (bicyclic) bond motifs is 1. The number of hydrogen-bond donors (Lipinski definition) is 0. The number of furan rings is 1. The first-order valence-electron chi connectivity index (χ1n) is 5.80. The maximum absolute atomic E-state index is 11.3. The topological polar surface area (TPSA) is 52.3 Å². The van der Waals surface area contributed by atoms with E-state index in [0.29, 0.717) is 5.56 Å². The van der Waals surface area contributed by atoms with Crippen molar-refractivity contribution >= 4 is 16.9 Å². The Morgan fingerprint density at radius 2 is 2.00 bits per heavy atom. The van der Waals surface area contributed by atoms with Gasteiger partial charge in [-0.1, -0.05) is 12.1 Å². The van der Waals surface area contributed by atoms with Crippen LogP contribution in [0.25, 0.3) is 22.3 Å².